The number of ether oxygens (including phenoxy) is 1. The lowest BCUT2D eigenvalue weighted by Gasteiger charge is -2.06. The summed E-state index contributed by atoms with van der Waals surface area (Å²) in [5, 5.41) is 2.96. The lowest BCUT2D eigenvalue weighted by Crippen LogP contribution is -2.26. The monoisotopic (exact) mass is 341 g/mol. The average molecular weight is 341 g/mol. The summed E-state index contributed by atoms with van der Waals surface area (Å²) < 4.78 is 10.9. The molecule has 0 aliphatic rings. The van der Waals surface area contributed by atoms with E-state index in [-0.39, 0.29) is 22.6 Å². The number of furan rings is 1. The molecule has 0 saturated carbocycles. The first-order valence-corrected chi connectivity index (χ1v) is 8.03. The first-order valence-electron chi connectivity index (χ1n) is 8.03. The highest BCUT2D eigenvalue weighted by atomic mass is 16.5. The van der Waals surface area contributed by atoms with E-state index >= 15 is 0 Å². The topological polar surface area (TPSA) is 97.2 Å². The Morgan fingerprint density at radius 1 is 1.32 bits per heavy atom. The largest absolute Gasteiger partial charge is 0.442 e. The Kier molecular flexibility index (Phi) is 5.25. The molecule has 0 atom stereocenters. The molecule has 0 bridgehead atoms. The van der Waals surface area contributed by atoms with Crippen LogP contribution in [0.3, 0.4) is 0 Å². The Morgan fingerprint density at radius 2 is 2.12 bits per heavy atom. The summed E-state index contributed by atoms with van der Waals surface area (Å²) in [5.74, 6) is 0.0230. The third kappa shape index (κ3) is 3.95. The number of H-pyrrole nitrogens is 1. The molecule has 2 aromatic heterocycles. The van der Waals surface area contributed by atoms with E-state index in [2.05, 4.69) is 15.3 Å². The van der Waals surface area contributed by atoms with Gasteiger partial charge in [-0.3, -0.25) is 9.59 Å². The summed E-state index contributed by atoms with van der Waals surface area (Å²) in [4.78, 5) is 30.7. The fourth-order valence-corrected chi connectivity index (χ4v) is 2.56. The molecule has 3 rings (SSSR count). The van der Waals surface area contributed by atoms with Crippen LogP contribution in [0, 0.1) is 6.92 Å². The number of nitrogens with one attached hydrogen (secondary N) is 2. The van der Waals surface area contributed by atoms with Gasteiger partial charge in [0.25, 0.3) is 11.5 Å². The molecule has 2 heterocycles. The van der Waals surface area contributed by atoms with Crippen molar-refractivity contribution in [3.05, 3.63) is 63.9 Å². The number of hydrogen-bond acceptors (Lipinski definition) is 5. The average Bonchev–Trinajstić information content (AvgIpc) is 2.96. The molecule has 0 saturated heterocycles. The molecule has 0 aliphatic carbocycles. The number of aryl methyl sites for hydroxylation is 1. The fraction of sp³-hybridized carbons (Fsp3) is 0.278. The summed E-state index contributed by atoms with van der Waals surface area (Å²) in [7, 11) is 0. The van der Waals surface area contributed by atoms with Crippen LogP contribution in [0.15, 0.2) is 45.9 Å². The highest BCUT2D eigenvalue weighted by molar-refractivity contribution is 6.06. The first kappa shape index (κ1) is 16.9. The first-order chi connectivity index (χ1) is 12.2. The van der Waals surface area contributed by atoms with Gasteiger partial charge in [-0.15, -0.1) is 0 Å². The van der Waals surface area contributed by atoms with Gasteiger partial charge in [-0.25, -0.2) is 4.98 Å². The SMILES string of the molecule is Cc1oc2nc[nH]c(=O)c2c1C(=O)NCCCOCc1ccccc1. The number of nitrogens with zero attached hydrogens (tertiary/aromatic N) is 1. The highest BCUT2D eigenvalue weighted by Crippen LogP contribution is 2.20. The number of rotatable bonds is 7. The van der Waals surface area contributed by atoms with Gasteiger partial charge in [0.2, 0.25) is 5.71 Å². The standard InChI is InChI=1S/C18H19N3O4/c1-12-14(15-17(23)20-11-21-18(15)25-12)16(22)19-8-5-9-24-10-13-6-3-2-4-7-13/h2-4,6-7,11H,5,8-10H2,1H3,(H,19,22)(H,20,21,23). The van der Waals surface area contributed by atoms with Gasteiger partial charge in [-0.05, 0) is 18.9 Å². The van der Waals surface area contributed by atoms with Gasteiger partial charge in [0, 0.05) is 13.2 Å². The van der Waals surface area contributed by atoms with Crippen LogP contribution >= 0.6 is 0 Å². The molecule has 1 aromatic carbocycles. The number of aromatic nitrogens is 2. The Balaban J connectivity index is 1.50. The fourth-order valence-electron chi connectivity index (χ4n) is 2.56. The molecular weight excluding hydrogens is 322 g/mol. The predicted octanol–water partition coefficient (Wildman–Crippen LogP) is 2.16. The van der Waals surface area contributed by atoms with Crippen LogP contribution in [0.25, 0.3) is 11.1 Å². The molecular formula is C18H19N3O4. The lowest BCUT2D eigenvalue weighted by atomic mass is 10.2. The zero-order valence-corrected chi connectivity index (χ0v) is 13.9. The molecule has 7 heteroatoms. The zero-order chi connectivity index (χ0) is 17.6. The molecule has 130 valence electrons. The van der Waals surface area contributed by atoms with Crippen LogP contribution < -0.4 is 10.9 Å². The van der Waals surface area contributed by atoms with Crippen LogP contribution in [0.5, 0.6) is 0 Å². The molecule has 2 N–H and O–H groups in total. The van der Waals surface area contributed by atoms with Crippen molar-refractivity contribution in [3.8, 4) is 0 Å². The van der Waals surface area contributed by atoms with Crippen molar-refractivity contribution < 1.29 is 13.9 Å². The molecule has 3 aromatic rings. The van der Waals surface area contributed by atoms with E-state index < -0.39 is 5.56 Å². The molecule has 1 amide bonds. The van der Waals surface area contributed by atoms with Gasteiger partial charge in [0.05, 0.1) is 18.5 Å². The number of fused-ring (bicyclic) bond motifs is 1. The third-order valence-electron chi connectivity index (χ3n) is 3.76. The van der Waals surface area contributed by atoms with Crippen LogP contribution in [-0.4, -0.2) is 29.0 Å². The van der Waals surface area contributed by atoms with E-state index in [4.69, 9.17) is 9.15 Å². The number of benzene rings is 1. The van der Waals surface area contributed by atoms with E-state index in [1.807, 2.05) is 30.3 Å². The zero-order valence-electron chi connectivity index (χ0n) is 13.9. The van der Waals surface area contributed by atoms with E-state index in [0.29, 0.717) is 31.9 Å². The maximum atomic E-state index is 12.4. The van der Waals surface area contributed by atoms with E-state index in [0.717, 1.165) is 5.56 Å². The van der Waals surface area contributed by atoms with Crippen molar-refractivity contribution in [1.82, 2.24) is 15.3 Å². The van der Waals surface area contributed by atoms with Crippen LogP contribution in [0.4, 0.5) is 0 Å². The van der Waals surface area contributed by atoms with Crippen molar-refractivity contribution in [2.24, 2.45) is 0 Å². The third-order valence-corrected chi connectivity index (χ3v) is 3.76. The normalized spacial score (nSPS) is 10.9. The molecule has 0 radical (unpaired) electrons. The van der Waals surface area contributed by atoms with E-state index in [1.165, 1.54) is 6.33 Å². The van der Waals surface area contributed by atoms with Crippen molar-refractivity contribution in [2.75, 3.05) is 13.2 Å². The predicted molar refractivity (Wildman–Crippen MR) is 92.4 cm³/mol. The summed E-state index contributed by atoms with van der Waals surface area (Å²) in [5.41, 5.74) is 1.11. The smallest absolute Gasteiger partial charge is 0.262 e. The summed E-state index contributed by atoms with van der Waals surface area (Å²) in [6.45, 7) is 3.15. The van der Waals surface area contributed by atoms with Gasteiger partial charge in [0.1, 0.15) is 11.1 Å². The van der Waals surface area contributed by atoms with Crippen molar-refractivity contribution in [3.63, 3.8) is 0 Å². The van der Waals surface area contributed by atoms with Gasteiger partial charge < -0.3 is 19.5 Å². The number of carbonyl (C=O) groups is 1. The molecule has 7 nitrogen and oxygen atoms in total. The molecule has 0 aliphatic heterocycles. The second-order valence-electron chi connectivity index (χ2n) is 5.59. The molecule has 0 spiro atoms. The van der Waals surface area contributed by atoms with Crippen molar-refractivity contribution in [2.45, 2.75) is 20.0 Å². The van der Waals surface area contributed by atoms with Crippen molar-refractivity contribution >= 4 is 17.0 Å². The minimum atomic E-state index is -0.391. The van der Waals surface area contributed by atoms with Gasteiger partial charge in [-0.2, -0.15) is 0 Å². The van der Waals surface area contributed by atoms with E-state index in [9.17, 15) is 9.59 Å². The Morgan fingerprint density at radius 3 is 2.92 bits per heavy atom. The van der Waals surface area contributed by atoms with Gasteiger partial charge >= 0.3 is 0 Å². The maximum Gasteiger partial charge on any atom is 0.262 e. The Bertz CT molecular complexity index is 915. The molecule has 0 fully saturated rings. The lowest BCUT2D eigenvalue weighted by molar-refractivity contribution is 0.0934. The summed E-state index contributed by atoms with van der Waals surface area (Å²) >= 11 is 0. The second-order valence-corrected chi connectivity index (χ2v) is 5.59. The van der Waals surface area contributed by atoms with Gasteiger partial charge in [-0.1, -0.05) is 30.3 Å². The maximum absolute atomic E-state index is 12.4. The van der Waals surface area contributed by atoms with Crippen LogP contribution in [0.1, 0.15) is 28.1 Å². The Labute approximate surface area is 144 Å². The highest BCUT2D eigenvalue weighted by Gasteiger charge is 2.21. The van der Waals surface area contributed by atoms with Crippen LogP contribution in [-0.2, 0) is 11.3 Å². The Hall–Kier alpha value is -2.93. The quantitative estimate of drug-likeness (QED) is 0.642. The number of amides is 1. The number of carbonyl (C=O) groups excluding carboxylic acids is 1. The molecule has 25 heavy (non-hydrogen) atoms. The van der Waals surface area contributed by atoms with Gasteiger partial charge in [0.15, 0.2) is 0 Å². The van der Waals surface area contributed by atoms with E-state index in [1.54, 1.807) is 6.92 Å². The van der Waals surface area contributed by atoms with Crippen molar-refractivity contribution in [1.29, 1.82) is 0 Å². The summed E-state index contributed by atoms with van der Waals surface area (Å²) in [6, 6.07) is 9.89. The second kappa shape index (κ2) is 7.76. The van der Waals surface area contributed by atoms with Crippen LogP contribution in [0.2, 0.25) is 0 Å². The number of aromatic amines is 1. The minimum Gasteiger partial charge on any atom is -0.442 e. The number of hydrogen-bond donors (Lipinski definition) is 2. The molecule has 0 unspecified atom stereocenters. The summed E-state index contributed by atoms with van der Waals surface area (Å²) in [6.07, 6.45) is 1.92. The minimum absolute atomic E-state index is 0.164.